The molecule has 198 valence electrons. The lowest BCUT2D eigenvalue weighted by Gasteiger charge is -2.21. The maximum absolute atomic E-state index is 11.4. The van der Waals surface area contributed by atoms with Crippen molar-refractivity contribution in [2.45, 2.75) is 11.4 Å². The molecule has 0 unspecified atom stereocenters. The van der Waals surface area contributed by atoms with Gasteiger partial charge in [-0.1, -0.05) is 29.2 Å². The summed E-state index contributed by atoms with van der Waals surface area (Å²) in [5.41, 5.74) is 1.50. The molecule has 1 N–H and O–H groups in total. The molecule has 14 heteroatoms. The molecule has 0 fully saturated rings. The van der Waals surface area contributed by atoms with Crippen LogP contribution in [0, 0.1) is 0 Å². The molecule has 10 nitrogen and oxygen atoms in total. The van der Waals surface area contributed by atoms with E-state index in [-0.39, 0.29) is 13.1 Å². The molecule has 1 aliphatic rings. The second kappa shape index (κ2) is 11.0. The van der Waals surface area contributed by atoms with Crippen LogP contribution in [0.25, 0.3) is 16.3 Å². The van der Waals surface area contributed by atoms with Gasteiger partial charge in [-0.2, -0.15) is 13.0 Å². The standard InChI is InChI=1S/C23H24N2O8S4/c1-32-16-6-8-20-18(14-16)24(10-12-36(26,27)28)22(34-20)4-3-5-23-25(11-13-37(29,30)31)19-15-17(33-2)7-9-21(19)35-23/h3-9,14-15H,10-13H2,1-2H3,(H-,26,27,28,29,30,31). The topological polar surface area (TPSA) is 137 Å². The van der Waals surface area contributed by atoms with Crippen molar-refractivity contribution in [2.75, 3.05) is 37.2 Å². The summed E-state index contributed by atoms with van der Waals surface area (Å²) >= 11 is 2.87. The Hall–Kier alpha value is -2.62. The average Bonchev–Trinajstić information content (AvgIpc) is 3.36. The first kappa shape index (κ1) is 27.4. The normalized spacial score (nSPS) is 15.1. The van der Waals surface area contributed by atoms with Crippen molar-refractivity contribution in [2.24, 2.45) is 0 Å². The van der Waals surface area contributed by atoms with Crippen molar-refractivity contribution >= 4 is 65.3 Å². The minimum atomic E-state index is -4.42. The number of allylic oxidation sites excluding steroid dienone is 2. The molecule has 0 aliphatic carbocycles. The molecule has 0 spiro atoms. The monoisotopic (exact) mass is 584 g/mol. The average molecular weight is 585 g/mol. The molecule has 37 heavy (non-hydrogen) atoms. The highest BCUT2D eigenvalue weighted by atomic mass is 32.2. The van der Waals surface area contributed by atoms with Crippen LogP contribution < -0.4 is 18.9 Å². The fourth-order valence-electron chi connectivity index (χ4n) is 3.75. The molecule has 4 rings (SSSR count). The molecule has 3 aromatic rings. The van der Waals surface area contributed by atoms with Crippen molar-refractivity contribution in [1.82, 2.24) is 0 Å². The number of methoxy groups -OCH3 is 2. The smallest absolute Gasteiger partial charge is 0.271 e. The van der Waals surface area contributed by atoms with Gasteiger partial charge in [0.25, 0.3) is 15.1 Å². The molecule has 0 amide bonds. The number of rotatable bonds is 10. The summed E-state index contributed by atoms with van der Waals surface area (Å²) in [6.45, 7) is 0.0193. The summed E-state index contributed by atoms with van der Waals surface area (Å²) in [5.74, 6) is 0.210. The highest BCUT2D eigenvalue weighted by Gasteiger charge is 2.26. The van der Waals surface area contributed by atoms with Crippen LogP contribution in [-0.2, 0) is 26.8 Å². The third kappa shape index (κ3) is 6.83. The van der Waals surface area contributed by atoms with E-state index in [2.05, 4.69) is 0 Å². The van der Waals surface area contributed by atoms with Gasteiger partial charge in [0, 0.05) is 23.6 Å². The van der Waals surface area contributed by atoms with Gasteiger partial charge in [-0.3, -0.25) is 4.55 Å². The first-order valence-corrected chi connectivity index (χ1v) is 15.7. The van der Waals surface area contributed by atoms with Gasteiger partial charge in [0.15, 0.2) is 6.54 Å². The van der Waals surface area contributed by atoms with Gasteiger partial charge in [-0.15, -0.1) is 0 Å². The molecule has 0 saturated carbocycles. The number of fused-ring (bicyclic) bond motifs is 2. The molecule has 1 aromatic heterocycles. The van der Waals surface area contributed by atoms with Gasteiger partial charge in [0.2, 0.25) is 5.52 Å². The Labute approximate surface area is 223 Å². The second-order valence-electron chi connectivity index (χ2n) is 7.92. The lowest BCUT2D eigenvalue weighted by molar-refractivity contribution is -0.664. The van der Waals surface area contributed by atoms with Gasteiger partial charge in [0.05, 0.1) is 46.9 Å². The van der Waals surface area contributed by atoms with Crippen molar-refractivity contribution in [3.05, 3.63) is 58.6 Å². The summed E-state index contributed by atoms with van der Waals surface area (Å²) in [6.07, 6.45) is 5.38. The Kier molecular flexibility index (Phi) is 8.16. The first-order chi connectivity index (χ1) is 17.5. The van der Waals surface area contributed by atoms with E-state index in [1.807, 2.05) is 18.2 Å². The van der Waals surface area contributed by atoms with E-state index < -0.39 is 31.7 Å². The van der Waals surface area contributed by atoms with Crippen molar-refractivity contribution in [1.29, 1.82) is 0 Å². The van der Waals surface area contributed by atoms with E-state index in [1.54, 1.807) is 53.0 Å². The number of nitrogens with zero attached hydrogens (tertiary/aromatic N) is 2. The number of aromatic nitrogens is 1. The lowest BCUT2D eigenvalue weighted by atomic mass is 10.2. The molecular formula is C23H24N2O8S4. The van der Waals surface area contributed by atoms with Crippen LogP contribution in [0.15, 0.2) is 58.5 Å². The zero-order valence-corrected chi connectivity index (χ0v) is 23.1. The number of ether oxygens (including phenoxy) is 2. The molecule has 1 aliphatic heterocycles. The Morgan fingerprint density at radius 1 is 1.05 bits per heavy atom. The predicted octanol–water partition coefficient (Wildman–Crippen LogP) is 3.11. The largest absolute Gasteiger partial charge is 0.748 e. The molecule has 0 radical (unpaired) electrons. The van der Waals surface area contributed by atoms with E-state index in [0.29, 0.717) is 11.5 Å². The molecule has 2 aromatic carbocycles. The maximum Gasteiger partial charge on any atom is 0.271 e. The first-order valence-electron chi connectivity index (χ1n) is 10.9. The maximum atomic E-state index is 11.4. The molecular weight excluding hydrogens is 561 g/mol. The van der Waals surface area contributed by atoms with Crippen LogP contribution in [0.2, 0.25) is 0 Å². The third-order valence-corrected chi connectivity index (χ3v) is 9.13. The number of thioether (sulfide) groups is 1. The molecule has 2 heterocycles. The number of benzene rings is 2. The van der Waals surface area contributed by atoms with Crippen molar-refractivity contribution in [3.63, 3.8) is 0 Å². The van der Waals surface area contributed by atoms with Crippen LogP contribution in [0.4, 0.5) is 5.69 Å². The Bertz CT molecular complexity index is 1590. The number of thiazole rings is 1. The summed E-state index contributed by atoms with van der Waals surface area (Å²) < 4.78 is 79.3. The third-order valence-electron chi connectivity index (χ3n) is 5.49. The zero-order valence-electron chi connectivity index (χ0n) is 19.9. The van der Waals surface area contributed by atoms with Gasteiger partial charge in [-0.25, -0.2) is 8.42 Å². The van der Waals surface area contributed by atoms with Crippen LogP contribution >= 0.6 is 23.1 Å². The van der Waals surface area contributed by atoms with Gasteiger partial charge in [0.1, 0.15) is 22.0 Å². The van der Waals surface area contributed by atoms with Crippen LogP contribution in [0.5, 0.6) is 11.5 Å². The Balaban J connectivity index is 1.69. The van der Waals surface area contributed by atoms with Gasteiger partial charge < -0.3 is 18.9 Å². The van der Waals surface area contributed by atoms with Crippen molar-refractivity contribution < 1.29 is 40.0 Å². The van der Waals surface area contributed by atoms with E-state index in [1.165, 1.54) is 30.2 Å². The number of hydrogen-bond donors (Lipinski definition) is 1. The molecule has 0 bridgehead atoms. The number of anilines is 1. The van der Waals surface area contributed by atoms with Crippen LogP contribution in [0.1, 0.15) is 5.01 Å². The van der Waals surface area contributed by atoms with E-state index in [9.17, 15) is 25.9 Å². The van der Waals surface area contributed by atoms with Crippen LogP contribution in [-0.4, -0.2) is 58.2 Å². The fourth-order valence-corrected chi connectivity index (χ4v) is 6.73. The van der Waals surface area contributed by atoms with Gasteiger partial charge >= 0.3 is 0 Å². The summed E-state index contributed by atoms with van der Waals surface area (Å²) in [4.78, 5) is 2.64. The fraction of sp³-hybridized carbons (Fsp3) is 0.261. The summed E-state index contributed by atoms with van der Waals surface area (Å²) in [5, 5.41) is 1.45. The number of hydrogen-bond acceptors (Lipinski definition) is 10. The van der Waals surface area contributed by atoms with E-state index >= 15 is 0 Å². The van der Waals surface area contributed by atoms with Crippen LogP contribution in [0.3, 0.4) is 0 Å². The zero-order chi connectivity index (χ0) is 26.8. The summed E-state index contributed by atoms with van der Waals surface area (Å²) in [6, 6.07) is 10.9. The van der Waals surface area contributed by atoms with E-state index in [4.69, 9.17) is 9.47 Å². The predicted molar refractivity (Wildman–Crippen MR) is 143 cm³/mol. The Morgan fingerprint density at radius 3 is 2.43 bits per heavy atom. The highest BCUT2D eigenvalue weighted by molar-refractivity contribution is 8.03. The second-order valence-corrected chi connectivity index (χ2v) is 13.1. The SMILES string of the molecule is COc1ccc2c(c1)N(CCS(=O)(=O)[O-])/C(=C\C=C\c1sc3ccc(OC)cc3[n+]1CCS(=O)(=O)O)S2. The highest BCUT2D eigenvalue weighted by Crippen LogP contribution is 2.47. The van der Waals surface area contributed by atoms with Crippen molar-refractivity contribution in [3.8, 4) is 11.5 Å². The van der Waals surface area contributed by atoms with Gasteiger partial charge in [-0.05, 0) is 30.3 Å². The van der Waals surface area contributed by atoms with E-state index in [0.717, 1.165) is 30.8 Å². The molecule has 0 saturated heterocycles. The Morgan fingerprint density at radius 2 is 1.76 bits per heavy atom. The minimum Gasteiger partial charge on any atom is -0.748 e. The lowest BCUT2D eigenvalue weighted by Crippen LogP contribution is -2.38. The number of aryl methyl sites for hydroxylation is 1. The quantitative estimate of drug-likeness (QED) is 0.280. The summed E-state index contributed by atoms with van der Waals surface area (Å²) in [7, 11) is -5.52. The molecule has 0 atom stereocenters. The minimum absolute atomic E-state index is 0.0181.